The SMILES string of the molecule is CCCCCCCCOc1ccc(/C=C2/C(=O)N(CCc3ccccc3)C(=O)C(C#N)=C2C)cc1OC. The Bertz CT molecular complexity index is 1190. The zero-order valence-electron chi connectivity index (χ0n) is 22.1. The minimum atomic E-state index is -0.547. The number of unbranched alkanes of at least 4 members (excludes halogenated alkanes) is 5. The van der Waals surface area contributed by atoms with E-state index in [-0.39, 0.29) is 12.1 Å². The van der Waals surface area contributed by atoms with E-state index in [0.29, 0.717) is 35.7 Å². The second-order valence-electron chi connectivity index (χ2n) is 9.19. The summed E-state index contributed by atoms with van der Waals surface area (Å²) in [7, 11) is 1.58. The van der Waals surface area contributed by atoms with E-state index in [1.807, 2.05) is 48.5 Å². The first kappa shape index (κ1) is 27.7. The van der Waals surface area contributed by atoms with Crippen molar-refractivity contribution in [2.24, 2.45) is 0 Å². The smallest absolute Gasteiger partial charge is 0.271 e. The largest absolute Gasteiger partial charge is 0.493 e. The van der Waals surface area contributed by atoms with Crippen LogP contribution in [0.2, 0.25) is 0 Å². The summed E-state index contributed by atoms with van der Waals surface area (Å²) in [5, 5.41) is 9.66. The summed E-state index contributed by atoms with van der Waals surface area (Å²) in [6.07, 6.45) is 9.34. The van der Waals surface area contributed by atoms with Crippen LogP contribution < -0.4 is 9.47 Å². The molecule has 6 nitrogen and oxygen atoms in total. The lowest BCUT2D eigenvalue weighted by Gasteiger charge is -2.27. The Labute approximate surface area is 220 Å². The predicted molar refractivity (Wildman–Crippen MR) is 145 cm³/mol. The van der Waals surface area contributed by atoms with Gasteiger partial charge in [-0.2, -0.15) is 5.26 Å². The molecule has 3 rings (SSSR count). The van der Waals surface area contributed by atoms with Gasteiger partial charge >= 0.3 is 0 Å². The molecule has 1 aliphatic rings. The second-order valence-corrected chi connectivity index (χ2v) is 9.19. The number of carbonyl (C=O) groups excluding carboxylic acids is 2. The Morgan fingerprint density at radius 2 is 1.68 bits per heavy atom. The minimum absolute atomic E-state index is 0.00948. The number of amides is 2. The molecule has 0 aliphatic carbocycles. The van der Waals surface area contributed by atoms with Crippen molar-refractivity contribution in [3.8, 4) is 17.6 Å². The van der Waals surface area contributed by atoms with Gasteiger partial charge in [-0.15, -0.1) is 0 Å². The first-order valence-electron chi connectivity index (χ1n) is 13.0. The standard InChI is InChI=1S/C31H36N2O4/c1-4-5-6-7-8-12-19-37-28-16-15-25(21-29(28)36-3)20-26-23(2)27(22-32)31(35)33(30(26)34)18-17-24-13-10-9-11-14-24/h9-11,13-16,20-21H,4-8,12,17-19H2,1-3H3/b26-20+. The van der Waals surface area contributed by atoms with Gasteiger partial charge in [0.25, 0.3) is 11.8 Å². The first-order chi connectivity index (χ1) is 18.0. The molecule has 6 heteroatoms. The van der Waals surface area contributed by atoms with Gasteiger partial charge < -0.3 is 9.47 Å². The first-order valence-corrected chi connectivity index (χ1v) is 13.0. The lowest BCUT2D eigenvalue weighted by atomic mass is 9.93. The number of benzene rings is 2. The fourth-order valence-electron chi connectivity index (χ4n) is 4.34. The summed E-state index contributed by atoms with van der Waals surface area (Å²) >= 11 is 0. The highest BCUT2D eigenvalue weighted by Crippen LogP contribution is 2.32. The Morgan fingerprint density at radius 3 is 2.38 bits per heavy atom. The number of methoxy groups -OCH3 is 1. The molecule has 0 unspecified atom stereocenters. The number of imide groups is 1. The van der Waals surface area contributed by atoms with Crippen molar-refractivity contribution >= 4 is 17.9 Å². The molecule has 194 valence electrons. The topological polar surface area (TPSA) is 79.6 Å². The van der Waals surface area contributed by atoms with Crippen LogP contribution in [0.3, 0.4) is 0 Å². The molecule has 0 N–H and O–H groups in total. The summed E-state index contributed by atoms with van der Waals surface area (Å²) in [6.45, 7) is 4.67. The number of ether oxygens (including phenoxy) is 2. The third kappa shape index (κ3) is 7.33. The normalized spacial score (nSPS) is 14.8. The molecule has 2 aromatic carbocycles. The van der Waals surface area contributed by atoms with E-state index in [1.165, 1.54) is 30.6 Å². The van der Waals surface area contributed by atoms with Crippen LogP contribution in [-0.2, 0) is 16.0 Å². The van der Waals surface area contributed by atoms with E-state index in [4.69, 9.17) is 9.47 Å². The number of nitrogens with zero attached hydrogens (tertiary/aromatic N) is 2. The fourth-order valence-corrected chi connectivity index (χ4v) is 4.34. The van der Waals surface area contributed by atoms with Crippen LogP contribution in [0, 0.1) is 11.3 Å². The molecular formula is C31H36N2O4. The molecule has 1 aliphatic heterocycles. The molecule has 1 heterocycles. The fraction of sp³-hybridized carbons (Fsp3) is 0.387. The Morgan fingerprint density at radius 1 is 0.946 bits per heavy atom. The monoisotopic (exact) mass is 500 g/mol. The van der Waals surface area contributed by atoms with Crippen LogP contribution in [0.25, 0.3) is 6.08 Å². The maximum atomic E-state index is 13.4. The van der Waals surface area contributed by atoms with Gasteiger partial charge in [-0.25, -0.2) is 0 Å². The molecule has 0 saturated carbocycles. The van der Waals surface area contributed by atoms with Crippen LogP contribution in [0.15, 0.2) is 65.3 Å². The molecule has 0 fully saturated rings. The van der Waals surface area contributed by atoms with Crippen molar-refractivity contribution in [3.05, 3.63) is 76.4 Å². The number of hydrogen-bond donors (Lipinski definition) is 0. The molecule has 0 radical (unpaired) electrons. The summed E-state index contributed by atoms with van der Waals surface area (Å²) in [5.74, 6) is 0.273. The van der Waals surface area contributed by atoms with Gasteiger partial charge in [0.15, 0.2) is 11.5 Å². The van der Waals surface area contributed by atoms with E-state index in [1.54, 1.807) is 26.2 Å². The zero-order chi connectivity index (χ0) is 26.6. The second kappa shape index (κ2) is 14.0. The van der Waals surface area contributed by atoms with Crippen LogP contribution in [-0.4, -0.2) is 37.0 Å². The summed E-state index contributed by atoms with van der Waals surface area (Å²) in [5.41, 5.74) is 2.44. The van der Waals surface area contributed by atoms with Crippen LogP contribution in [0.5, 0.6) is 11.5 Å². The van der Waals surface area contributed by atoms with Gasteiger partial charge in [-0.1, -0.05) is 75.4 Å². The van der Waals surface area contributed by atoms with Gasteiger partial charge in [0.2, 0.25) is 0 Å². The molecule has 0 spiro atoms. The van der Waals surface area contributed by atoms with Gasteiger partial charge in [-0.05, 0) is 54.7 Å². The van der Waals surface area contributed by atoms with Crippen molar-refractivity contribution in [2.45, 2.75) is 58.8 Å². The maximum Gasteiger partial charge on any atom is 0.271 e. The van der Waals surface area contributed by atoms with E-state index in [0.717, 1.165) is 24.0 Å². The van der Waals surface area contributed by atoms with Gasteiger partial charge in [-0.3, -0.25) is 14.5 Å². The molecule has 0 aromatic heterocycles. The maximum absolute atomic E-state index is 13.4. The molecule has 0 bridgehead atoms. The molecule has 2 aromatic rings. The van der Waals surface area contributed by atoms with Crippen molar-refractivity contribution in [2.75, 3.05) is 20.3 Å². The minimum Gasteiger partial charge on any atom is -0.493 e. The van der Waals surface area contributed by atoms with Gasteiger partial charge in [0, 0.05) is 12.1 Å². The Kier molecular flexibility index (Phi) is 10.5. The van der Waals surface area contributed by atoms with Crippen molar-refractivity contribution < 1.29 is 19.1 Å². The lowest BCUT2D eigenvalue weighted by molar-refractivity contribution is -0.140. The third-order valence-electron chi connectivity index (χ3n) is 6.55. The highest BCUT2D eigenvalue weighted by molar-refractivity contribution is 6.19. The average Bonchev–Trinajstić information content (AvgIpc) is 2.91. The van der Waals surface area contributed by atoms with E-state index in [9.17, 15) is 14.9 Å². The summed E-state index contributed by atoms with van der Waals surface area (Å²) in [4.78, 5) is 27.4. The Balaban J connectivity index is 1.76. The highest BCUT2D eigenvalue weighted by atomic mass is 16.5. The molecule has 0 atom stereocenters. The molecule has 37 heavy (non-hydrogen) atoms. The van der Waals surface area contributed by atoms with Crippen molar-refractivity contribution in [3.63, 3.8) is 0 Å². The number of nitriles is 1. The van der Waals surface area contributed by atoms with E-state index in [2.05, 4.69) is 6.92 Å². The van der Waals surface area contributed by atoms with Gasteiger partial charge in [0.05, 0.1) is 13.7 Å². The highest BCUT2D eigenvalue weighted by Gasteiger charge is 2.35. The average molecular weight is 501 g/mol. The number of rotatable bonds is 13. The molecule has 2 amide bonds. The third-order valence-corrected chi connectivity index (χ3v) is 6.55. The molecular weight excluding hydrogens is 464 g/mol. The molecule has 0 saturated heterocycles. The Hall–Kier alpha value is -3.85. The van der Waals surface area contributed by atoms with Crippen molar-refractivity contribution in [1.29, 1.82) is 5.26 Å². The predicted octanol–water partition coefficient (Wildman–Crippen LogP) is 6.27. The van der Waals surface area contributed by atoms with Crippen LogP contribution in [0.4, 0.5) is 0 Å². The quantitative estimate of drug-likeness (QED) is 0.184. The van der Waals surface area contributed by atoms with Crippen molar-refractivity contribution in [1.82, 2.24) is 4.90 Å². The van der Waals surface area contributed by atoms with Crippen LogP contribution in [0.1, 0.15) is 63.5 Å². The number of carbonyl (C=O) groups is 2. The van der Waals surface area contributed by atoms with Crippen LogP contribution >= 0.6 is 0 Å². The number of hydrogen-bond acceptors (Lipinski definition) is 5. The van der Waals surface area contributed by atoms with E-state index < -0.39 is 11.8 Å². The lowest BCUT2D eigenvalue weighted by Crippen LogP contribution is -2.43. The summed E-state index contributed by atoms with van der Waals surface area (Å²) < 4.78 is 11.5. The van der Waals surface area contributed by atoms with Gasteiger partial charge in [0.1, 0.15) is 11.6 Å². The zero-order valence-corrected chi connectivity index (χ0v) is 22.1. The summed E-state index contributed by atoms with van der Waals surface area (Å²) in [6, 6.07) is 17.1. The van der Waals surface area contributed by atoms with E-state index >= 15 is 0 Å².